The molecule has 2 aromatic rings. The Hall–Kier alpha value is -2.04. The quantitative estimate of drug-likeness (QED) is 0.688. The summed E-state index contributed by atoms with van der Waals surface area (Å²) in [4.78, 5) is 0. The van der Waals surface area contributed by atoms with Gasteiger partial charge in [-0.3, -0.25) is 0 Å². The molecule has 0 saturated carbocycles. The number of rotatable bonds is 5. The SMILES string of the molecule is CCc1ccc(OC(F)(F)c2ccc(CC)cc2F)c(F)c1. The molecule has 0 aliphatic rings. The van der Waals surface area contributed by atoms with Gasteiger partial charge in [0, 0.05) is 0 Å². The molecule has 0 N–H and O–H groups in total. The maximum atomic E-state index is 14.1. The van der Waals surface area contributed by atoms with E-state index < -0.39 is 29.1 Å². The number of aryl methyl sites for hydroxylation is 2. The van der Waals surface area contributed by atoms with Gasteiger partial charge in [0.25, 0.3) is 0 Å². The molecule has 0 amide bonds. The number of benzene rings is 2. The standard InChI is InChI=1S/C17H16F4O/c1-3-11-5-7-13(14(18)9-11)17(20,21)22-16-8-6-12(4-2)10-15(16)19/h5-10H,3-4H2,1-2H3. The second-order valence-electron chi connectivity index (χ2n) is 4.90. The Kier molecular flexibility index (Phi) is 4.74. The van der Waals surface area contributed by atoms with Crippen LogP contribution in [0.4, 0.5) is 17.6 Å². The fourth-order valence-electron chi connectivity index (χ4n) is 2.05. The van der Waals surface area contributed by atoms with Crippen LogP contribution < -0.4 is 4.74 Å². The molecule has 2 rings (SSSR count). The van der Waals surface area contributed by atoms with Crippen molar-refractivity contribution in [2.45, 2.75) is 32.8 Å². The fraction of sp³-hybridized carbons (Fsp3) is 0.294. The minimum absolute atomic E-state index is 0.525. The van der Waals surface area contributed by atoms with E-state index in [2.05, 4.69) is 4.74 Å². The molecule has 2 aromatic carbocycles. The Morgan fingerprint density at radius 2 is 1.41 bits per heavy atom. The van der Waals surface area contributed by atoms with Crippen molar-refractivity contribution in [3.05, 3.63) is 64.7 Å². The summed E-state index contributed by atoms with van der Waals surface area (Å²) in [7, 11) is 0. The largest absolute Gasteiger partial charge is 0.429 e. The molecule has 0 spiro atoms. The molecule has 0 atom stereocenters. The van der Waals surface area contributed by atoms with E-state index in [0.717, 1.165) is 24.3 Å². The number of hydrogen-bond acceptors (Lipinski definition) is 1. The van der Waals surface area contributed by atoms with Gasteiger partial charge in [-0.25, -0.2) is 8.78 Å². The van der Waals surface area contributed by atoms with Crippen molar-refractivity contribution in [3.8, 4) is 5.75 Å². The van der Waals surface area contributed by atoms with Crippen molar-refractivity contribution in [2.75, 3.05) is 0 Å². The number of alkyl halides is 2. The summed E-state index contributed by atoms with van der Waals surface area (Å²) in [6.07, 6.45) is -2.86. The lowest BCUT2D eigenvalue weighted by Crippen LogP contribution is -2.24. The summed E-state index contributed by atoms with van der Waals surface area (Å²) in [6.45, 7) is 3.60. The molecular formula is C17H16F4O. The van der Waals surface area contributed by atoms with E-state index >= 15 is 0 Å². The molecule has 22 heavy (non-hydrogen) atoms. The van der Waals surface area contributed by atoms with Crippen LogP contribution in [0.3, 0.4) is 0 Å². The summed E-state index contributed by atoms with van der Waals surface area (Å²) < 4.78 is 60.1. The van der Waals surface area contributed by atoms with Crippen LogP contribution in [0.5, 0.6) is 5.75 Å². The van der Waals surface area contributed by atoms with Gasteiger partial charge in [0.2, 0.25) is 0 Å². The van der Waals surface area contributed by atoms with Crippen molar-refractivity contribution in [3.63, 3.8) is 0 Å². The lowest BCUT2D eigenvalue weighted by molar-refractivity contribution is -0.188. The van der Waals surface area contributed by atoms with Gasteiger partial charge < -0.3 is 4.74 Å². The van der Waals surface area contributed by atoms with Crippen LogP contribution in [0.25, 0.3) is 0 Å². The maximum absolute atomic E-state index is 14.1. The molecule has 0 radical (unpaired) electrons. The number of halogens is 4. The van der Waals surface area contributed by atoms with Crippen LogP contribution in [-0.2, 0) is 19.0 Å². The van der Waals surface area contributed by atoms with E-state index in [1.165, 1.54) is 12.1 Å². The average Bonchev–Trinajstić information content (AvgIpc) is 2.48. The summed E-state index contributed by atoms with van der Waals surface area (Å²) in [5, 5.41) is 0. The highest BCUT2D eigenvalue weighted by atomic mass is 19.3. The van der Waals surface area contributed by atoms with Crippen molar-refractivity contribution in [2.24, 2.45) is 0 Å². The Bertz CT molecular complexity index is 668. The highest BCUT2D eigenvalue weighted by Crippen LogP contribution is 2.34. The van der Waals surface area contributed by atoms with Crippen LogP contribution in [0.1, 0.15) is 30.5 Å². The van der Waals surface area contributed by atoms with Crippen LogP contribution in [0.15, 0.2) is 36.4 Å². The topological polar surface area (TPSA) is 9.23 Å². The smallest absolute Gasteiger partial charge is 0.426 e. The lowest BCUT2D eigenvalue weighted by Gasteiger charge is -2.19. The van der Waals surface area contributed by atoms with Crippen LogP contribution in [0, 0.1) is 11.6 Å². The van der Waals surface area contributed by atoms with Crippen LogP contribution >= 0.6 is 0 Å². The van der Waals surface area contributed by atoms with Crippen molar-refractivity contribution < 1.29 is 22.3 Å². The van der Waals surface area contributed by atoms with E-state index in [1.807, 2.05) is 6.92 Å². The van der Waals surface area contributed by atoms with Gasteiger partial charge in [-0.2, -0.15) is 8.78 Å². The molecule has 1 nitrogen and oxygen atoms in total. The molecule has 0 unspecified atom stereocenters. The van der Waals surface area contributed by atoms with Gasteiger partial charge in [-0.05, 0) is 48.2 Å². The minimum Gasteiger partial charge on any atom is -0.426 e. The van der Waals surface area contributed by atoms with Gasteiger partial charge in [0.05, 0.1) is 5.56 Å². The molecule has 5 heteroatoms. The molecule has 118 valence electrons. The monoisotopic (exact) mass is 312 g/mol. The van der Waals surface area contributed by atoms with E-state index in [0.29, 0.717) is 24.0 Å². The van der Waals surface area contributed by atoms with Crippen molar-refractivity contribution >= 4 is 0 Å². The molecule has 0 aliphatic carbocycles. The van der Waals surface area contributed by atoms with E-state index in [9.17, 15) is 17.6 Å². The summed E-state index contributed by atoms with van der Waals surface area (Å²) >= 11 is 0. The highest BCUT2D eigenvalue weighted by Gasteiger charge is 2.38. The molecular weight excluding hydrogens is 296 g/mol. The predicted octanol–water partition coefficient (Wildman–Crippen LogP) is 5.22. The third kappa shape index (κ3) is 3.40. The first-order chi connectivity index (χ1) is 10.4. The third-order valence-corrected chi connectivity index (χ3v) is 3.40. The van der Waals surface area contributed by atoms with Gasteiger partial charge in [0.15, 0.2) is 11.6 Å². The number of hydrogen-bond donors (Lipinski definition) is 0. The Labute approximate surface area is 126 Å². The zero-order valence-electron chi connectivity index (χ0n) is 12.3. The van der Waals surface area contributed by atoms with Crippen molar-refractivity contribution in [1.29, 1.82) is 0 Å². The molecule has 0 aliphatic heterocycles. The van der Waals surface area contributed by atoms with Gasteiger partial charge in [0.1, 0.15) is 5.82 Å². The lowest BCUT2D eigenvalue weighted by atomic mass is 10.1. The van der Waals surface area contributed by atoms with Crippen LogP contribution in [0.2, 0.25) is 0 Å². The van der Waals surface area contributed by atoms with Gasteiger partial charge in [-0.1, -0.05) is 26.0 Å². The van der Waals surface area contributed by atoms with E-state index in [4.69, 9.17) is 0 Å². The molecule has 0 aromatic heterocycles. The zero-order chi connectivity index (χ0) is 16.3. The first kappa shape index (κ1) is 16.3. The fourth-order valence-corrected chi connectivity index (χ4v) is 2.05. The molecule has 0 saturated heterocycles. The van der Waals surface area contributed by atoms with Crippen molar-refractivity contribution in [1.82, 2.24) is 0 Å². The first-order valence-electron chi connectivity index (χ1n) is 7.01. The first-order valence-corrected chi connectivity index (χ1v) is 7.01. The minimum atomic E-state index is -3.95. The molecule has 0 fully saturated rings. The normalized spacial score (nSPS) is 11.5. The summed E-state index contributed by atoms with van der Waals surface area (Å²) in [6, 6.07) is 7.13. The van der Waals surface area contributed by atoms with Gasteiger partial charge in [-0.15, -0.1) is 0 Å². The second-order valence-corrected chi connectivity index (χ2v) is 4.90. The predicted molar refractivity (Wildman–Crippen MR) is 76.1 cm³/mol. The zero-order valence-corrected chi connectivity index (χ0v) is 12.3. The maximum Gasteiger partial charge on any atom is 0.429 e. The molecule has 0 bridgehead atoms. The van der Waals surface area contributed by atoms with Gasteiger partial charge >= 0.3 is 6.11 Å². The van der Waals surface area contributed by atoms with E-state index in [-0.39, 0.29) is 0 Å². The Morgan fingerprint density at radius 1 is 0.864 bits per heavy atom. The van der Waals surface area contributed by atoms with E-state index in [1.54, 1.807) is 6.92 Å². The van der Waals surface area contributed by atoms with Crippen LogP contribution in [-0.4, -0.2) is 0 Å². The third-order valence-electron chi connectivity index (χ3n) is 3.40. The summed E-state index contributed by atoms with van der Waals surface area (Å²) in [5.74, 6) is -2.58. The summed E-state index contributed by atoms with van der Waals surface area (Å²) in [5.41, 5.74) is 0.339. The average molecular weight is 312 g/mol. The Balaban J connectivity index is 2.31. The Morgan fingerprint density at radius 3 is 1.91 bits per heavy atom. The second kappa shape index (κ2) is 6.38. The number of ether oxygens (including phenoxy) is 1. The highest BCUT2D eigenvalue weighted by molar-refractivity contribution is 5.32. The molecule has 0 heterocycles.